The molecule has 2 aromatic rings. The van der Waals surface area contributed by atoms with Gasteiger partial charge in [-0.25, -0.2) is 9.37 Å². The molecule has 1 aromatic carbocycles. The fourth-order valence-corrected chi connectivity index (χ4v) is 2.22. The summed E-state index contributed by atoms with van der Waals surface area (Å²) in [4.78, 5) is 4.24. The summed E-state index contributed by atoms with van der Waals surface area (Å²) in [5.41, 5.74) is 0.957. The highest BCUT2D eigenvalue weighted by Gasteiger charge is 2.05. The van der Waals surface area contributed by atoms with Crippen molar-refractivity contribution in [2.45, 2.75) is 13.5 Å². The van der Waals surface area contributed by atoms with Crippen molar-refractivity contribution in [3.8, 4) is 5.75 Å². The molecule has 16 heavy (non-hydrogen) atoms. The molecule has 0 bridgehead atoms. The van der Waals surface area contributed by atoms with Crippen LogP contribution in [0.2, 0.25) is 0 Å². The van der Waals surface area contributed by atoms with Gasteiger partial charge in [0.1, 0.15) is 11.6 Å². The van der Waals surface area contributed by atoms with Gasteiger partial charge in [0, 0.05) is 15.5 Å². The minimum atomic E-state index is -0.364. The molecule has 0 aliphatic carbocycles. The Morgan fingerprint density at radius 3 is 3.00 bits per heavy atom. The number of hydrogen-bond donors (Lipinski definition) is 0. The molecule has 84 valence electrons. The van der Waals surface area contributed by atoms with E-state index in [1.807, 2.05) is 12.3 Å². The molecule has 0 aliphatic heterocycles. The summed E-state index contributed by atoms with van der Waals surface area (Å²) in [7, 11) is 0. The first-order chi connectivity index (χ1) is 7.65. The molecule has 0 aliphatic rings. The topological polar surface area (TPSA) is 22.1 Å². The lowest BCUT2D eigenvalue weighted by atomic mass is 10.3. The summed E-state index contributed by atoms with van der Waals surface area (Å²) in [6, 6.07) is 4.61. The van der Waals surface area contributed by atoms with Gasteiger partial charge in [-0.15, -0.1) is 11.3 Å². The van der Waals surface area contributed by atoms with E-state index in [1.165, 1.54) is 17.4 Å². The standard InChI is InChI=1S/C11H9BrFNOS/c1-7-6-16-11(14-7)5-15-10-4-8(12)2-3-9(10)13/h2-4,6H,5H2,1H3. The molecule has 0 spiro atoms. The summed E-state index contributed by atoms with van der Waals surface area (Å²) in [5, 5.41) is 2.78. The van der Waals surface area contributed by atoms with Gasteiger partial charge in [0.25, 0.3) is 0 Å². The molecule has 5 heteroatoms. The maximum absolute atomic E-state index is 13.3. The first kappa shape index (κ1) is 11.5. The minimum absolute atomic E-state index is 0.238. The largest absolute Gasteiger partial charge is 0.483 e. The summed E-state index contributed by atoms with van der Waals surface area (Å²) < 4.78 is 19.5. The van der Waals surface area contributed by atoms with E-state index in [1.54, 1.807) is 12.1 Å². The predicted molar refractivity (Wildman–Crippen MR) is 65.3 cm³/mol. The van der Waals surface area contributed by atoms with E-state index in [2.05, 4.69) is 20.9 Å². The molecule has 1 heterocycles. The van der Waals surface area contributed by atoms with Crippen LogP contribution in [-0.2, 0) is 6.61 Å². The zero-order valence-electron chi connectivity index (χ0n) is 8.54. The van der Waals surface area contributed by atoms with E-state index in [0.29, 0.717) is 6.61 Å². The number of ether oxygens (including phenoxy) is 1. The van der Waals surface area contributed by atoms with Crippen molar-refractivity contribution in [1.82, 2.24) is 4.98 Å². The first-order valence-electron chi connectivity index (χ1n) is 4.64. The molecule has 2 rings (SSSR count). The fourth-order valence-electron chi connectivity index (χ4n) is 1.20. The van der Waals surface area contributed by atoms with E-state index in [0.717, 1.165) is 15.2 Å². The number of thiazole rings is 1. The molecule has 0 radical (unpaired) electrons. The van der Waals surface area contributed by atoms with Crippen molar-refractivity contribution < 1.29 is 9.13 Å². The lowest BCUT2D eigenvalue weighted by Gasteiger charge is -2.05. The Hall–Kier alpha value is -0.940. The maximum atomic E-state index is 13.3. The van der Waals surface area contributed by atoms with Crippen molar-refractivity contribution >= 4 is 27.3 Å². The second kappa shape index (κ2) is 4.93. The van der Waals surface area contributed by atoms with Crippen molar-refractivity contribution in [2.75, 3.05) is 0 Å². The van der Waals surface area contributed by atoms with Crippen molar-refractivity contribution in [3.63, 3.8) is 0 Å². The van der Waals surface area contributed by atoms with Crippen molar-refractivity contribution in [3.05, 3.63) is 44.6 Å². The molecule has 0 N–H and O–H groups in total. The van der Waals surface area contributed by atoms with Gasteiger partial charge in [0.05, 0.1) is 0 Å². The van der Waals surface area contributed by atoms with Crippen LogP contribution in [0.1, 0.15) is 10.7 Å². The van der Waals surface area contributed by atoms with Gasteiger partial charge < -0.3 is 4.74 Å². The van der Waals surface area contributed by atoms with Gasteiger partial charge in [-0.3, -0.25) is 0 Å². The Balaban J connectivity index is 2.07. The molecule has 2 nitrogen and oxygen atoms in total. The highest BCUT2D eigenvalue weighted by Crippen LogP contribution is 2.23. The van der Waals surface area contributed by atoms with Crippen molar-refractivity contribution in [2.24, 2.45) is 0 Å². The molecule has 0 saturated heterocycles. The lowest BCUT2D eigenvalue weighted by molar-refractivity contribution is 0.289. The molecular weight excluding hydrogens is 293 g/mol. The Morgan fingerprint density at radius 1 is 1.50 bits per heavy atom. The van der Waals surface area contributed by atoms with E-state index in [-0.39, 0.29) is 11.6 Å². The Morgan fingerprint density at radius 2 is 2.31 bits per heavy atom. The molecule has 0 saturated carbocycles. The van der Waals surface area contributed by atoms with Crippen LogP contribution in [0.4, 0.5) is 4.39 Å². The lowest BCUT2D eigenvalue weighted by Crippen LogP contribution is -1.97. The second-order valence-electron chi connectivity index (χ2n) is 3.25. The second-order valence-corrected chi connectivity index (χ2v) is 5.10. The quantitative estimate of drug-likeness (QED) is 0.857. The van der Waals surface area contributed by atoms with E-state index < -0.39 is 0 Å². The number of halogens is 2. The third-order valence-electron chi connectivity index (χ3n) is 1.91. The van der Waals surface area contributed by atoms with Crippen LogP contribution in [0.5, 0.6) is 5.75 Å². The zero-order chi connectivity index (χ0) is 11.5. The molecule has 0 fully saturated rings. The van der Waals surface area contributed by atoms with Gasteiger partial charge in [-0.1, -0.05) is 15.9 Å². The van der Waals surface area contributed by atoms with Gasteiger partial charge in [0.15, 0.2) is 11.6 Å². The summed E-state index contributed by atoms with van der Waals surface area (Å²) in [6.45, 7) is 2.21. The monoisotopic (exact) mass is 301 g/mol. The van der Waals surface area contributed by atoms with E-state index in [4.69, 9.17) is 4.74 Å². The molecule has 0 unspecified atom stereocenters. The van der Waals surface area contributed by atoms with Crippen LogP contribution >= 0.6 is 27.3 Å². The fraction of sp³-hybridized carbons (Fsp3) is 0.182. The predicted octanol–water partition coefficient (Wildman–Crippen LogP) is 3.93. The van der Waals surface area contributed by atoms with E-state index in [9.17, 15) is 4.39 Å². The highest BCUT2D eigenvalue weighted by atomic mass is 79.9. The highest BCUT2D eigenvalue weighted by molar-refractivity contribution is 9.10. The van der Waals surface area contributed by atoms with Crippen LogP contribution < -0.4 is 4.74 Å². The smallest absolute Gasteiger partial charge is 0.165 e. The minimum Gasteiger partial charge on any atom is -0.483 e. The first-order valence-corrected chi connectivity index (χ1v) is 6.31. The number of hydrogen-bond acceptors (Lipinski definition) is 3. The average Bonchev–Trinajstić information content (AvgIpc) is 2.66. The summed E-state index contributed by atoms with van der Waals surface area (Å²) in [6.07, 6.45) is 0. The average molecular weight is 302 g/mol. The van der Waals surface area contributed by atoms with Crippen LogP contribution in [0, 0.1) is 12.7 Å². The van der Waals surface area contributed by atoms with Gasteiger partial charge in [0.2, 0.25) is 0 Å². The number of nitrogens with zero attached hydrogens (tertiary/aromatic N) is 1. The number of aromatic nitrogens is 1. The third kappa shape index (κ3) is 2.80. The zero-order valence-corrected chi connectivity index (χ0v) is 10.9. The van der Waals surface area contributed by atoms with Crippen LogP contribution in [0.15, 0.2) is 28.1 Å². The van der Waals surface area contributed by atoms with Gasteiger partial charge in [-0.2, -0.15) is 0 Å². The third-order valence-corrected chi connectivity index (χ3v) is 3.34. The van der Waals surface area contributed by atoms with E-state index >= 15 is 0 Å². The molecule has 0 amide bonds. The molecular formula is C11H9BrFNOS. The van der Waals surface area contributed by atoms with Crippen LogP contribution in [-0.4, -0.2) is 4.98 Å². The maximum Gasteiger partial charge on any atom is 0.165 e. The molecule has 1 aromatic heterocycles. The number of benzene rings is 1. The molecule has 0 atom stereocenters. The van der Waals surface area contributed by atoms with Crippen molar-refractivity contribution in [1.29, 1.82) is 0 Å². The Kier molecular flexibility index (Phi) is 3.56. The Labute approximate surface area is 105 Å². The Bertz CT molecular complexity index is 500. The van der Waals surface area contributed by atoms with Crippen LogP contribution in [0.25, 0.3) is 0 Å². The normalized spacial score (nSPS) is 10.4. The van der Waals surface area contributed by atoms with Gasteiger partial charge in [-0.05, 0) is 25.1 Å². The van der Waals surface area contributed by atoms with Crippen LogP contribution in [0.3, 0.4) is 0 Å². The summed E-state index contributed by atoms with van der Waals surface area (Å²) >= 11 is 4.78. The number of rotatable bonds is 3. The SMILES string of the molecule is Cc1csc(COc2cc(Br)ccc2F)n1. The summed E-state index contributed by atoms with van der Waals surface area (Å²) in [5.74, 6) is -0.126. The van der Waals surface area contributed by atoms with Gasteiger partial charge >= 0.3 is 0 Å². The number of aryl methyl sites for hydroxylation is 1.